The van der Waals surface area contributed by atoms with Crippen LogP contribution in [0.5, 0.6) is 0 Å². The molecule has 2 unspecified atom stereocenters. The average molecular weight is 422 g/mol. The maximum absolute atomic E-state index is 9.50. The third-order valence-electron chi connectivity index (χ3n) is 4.80. The summed E-state index contributed by atoms with van der Waals surface area (Å²) < 4.78 is 23.4. The van der Waals surface area contributed by atoms with Crippen LogP contribution >= 0.6 is 16.5 Å². The predicted molar refractivity (Wildman–Crippen MR) is 109 cm³/mol. The van der Waals surface area contributed by atoms with Gasteiger partial charge in [-0.3, -0.25) is 0 Å². The monoisotopic (exact) mass is 422 g/mol. The van der Waals surface area contributed by atoms with Crippen LogP contribution in [0.3, 0.4) is 0 Å². The molecule has 4 rings (SSSR count). The van der Waals surface area contributed by atoms with E-state index in [-0.39, 0.29) is 6.10 Å². The van der Waals surface area contributed by atoms with Crippen molar-refractivity contribution in [1.29, 1.82) is 0 Å². The topological polar surface area (TPSA) is 77.4 Å². The van der Waals surface area contributed by atoms with Crippen molar-refractivity contribution in [3.63, 3.8) is 0 Å². The summed E-state index contributed by atoms with van der Waals surface area (Å²) in [7, 11) is -3.26. The van der Waals surface area contributed by atoms with Crippen molar-refractivity contribution in [3.05, 3.63) is 60.7 Å². The molecule has 6 nitrogen and oxygen atoms in total. The van der Waals surface area contributed by atoms with Crippen molar-refractivity contribution in [1.82, 2.24) is 0 Å². The van der Waals surface area contributed by atoms with Gasteiger partial charge in [0.1, 0.15) is 12.2 Å². The first kappa shape index (κ1) is 20.3. The van der Waals surface area contributed by atoms with Crippen molar-refractivity contribution in [2.24, 2.45) is 0 Å². The van der Waals surface area contributed by atoms with E-state index >= 15 is 0 Å². The first-order valence-electron chi connectivity index (χ1n) is 9.16. The van der Waals surface area contributed by atoms with E-state index in [4.69, 9.17) is 18.7 Å². The van der Waals surface area contributed by atoms with Crippen LogP contribution in [0.15, 0.2) is 60.7 Å². The molecule has 2 heterocycles. The molecule has 150 valence electrons. The second kappa shape index (κ2) is 8.43. The SMILES string of the molecule is CC1(C)OC2C(OP(O)O)[C@@H](CP(c3ccccc3)c3ccccc3)O[C@@H]2O1. The molecule has 2 aromatic rings. The Morgan fingerprint density at radius 1 is 0.929 bits per heavy atom. The fourth-order valence-corrected chi connectivity index (χ4v) is 6.60. The van der Waals surface area contributed by atoms with Gasteiger partial charge in [0.2, 0.25) is 0 Å². The summed E-state index contributed by atoms with van der Waals surface area (Å²) in [6.45, 7) is 3.62. The van der Waals surface area contributed by atoms with Gasteiger partial charge in [0.05, 0.1) is 6.10 Å². The Morgan fingerprint density at radius 3 is 2.04 bits per heavy atom. The number of ether oxygens (including phenoxy) is 3. The lowest BCUT2D eigenvalue weighted by molar-refractivity contribution is -0.210. The summed E-state index contributed by atoms with van der Waals surface area (Å²) in [5.41, 5.74) is 0. The molecule has 0 aliphatic carbocycles. The van der Waals surface area contributed by atoms with E-state index < -0.39 is 40.8 Å². The molecular weight excluding hydrogens is 398 g/mol. The minimum absolute atomic E-state index is 0.373. The van der Waals surface area contributed by atoms with Gasteiger partial charge in [0.25, 0.3) is 0 Å². The Bertz CT molecular complexity index is 733. The first-order valence-corrected chi connectivity index (χ1v) is 11.9. The van der Waals surface area contributed by atoms with Crippen molar-refractivity contribution in [3.8, 4) is 0 Å². The van der Waals surface area contributed by atoms with E-state index in [1.807, 2.05) is 50.2 Å². The summed E-state index contributed by atoms with van der Waals surface area (Å²) in [5, 5.41) is 2.45. The van der Waals surface area contributed by atoms with E-state index in [0.717, 1.165) is 0 Å². The van der Waals surface area contributed by atoms with Gasteiger partial charge in [-0.15, -0.1) is 0 Å². The van der Waals surface area contributed by atoms with Crippen molar-refractivity contribution >= 4 is 27.1 Å². The van der Waals surface area contributed by atoms with E-state index in [1.54, 1.807) is 0 Å². The quantitative estimate of drug-likeness (QED) is 0.697. The number of fused-ring (bicyclic) bond motifs is 1. The van der Waals surface area contributed by atoms with Gasteiger partial charge < -0.3 is 28.5 Å². The number of hydrogen-bond donors (Lipinski definition) is 2. The fraction of sp³-hybridized carbons (Fsp3) is 0.400. The predicted octanol–water partition coefficient (Wildman–Crippen LogP) is 2.59. The molecule has 0 aromatic heterocycles. The van der Waals surface area contributed by atoms with Crippen LogP contribution in [-0.2, 0) is 18.7 Å². The summed E-state index contributed by atoms with van der Waals surface area (Å²) in [6, 6.07) is 20.6. The lowest BCUT2D eigenvalue weighted by atomic mass is 10.1. The molecule has 8 heteroatoms. The van der Waals surface area contributed by atoms with Crippen LogP contribution in [-0.4, -0.2) is 46.3 Å². The minimum Gasteiger partial charge on any atom is -0.343 e. The molecule has 0 spiro atoms. The number of rotatable bonds is 6. The molecule has 4 atom stereocenters. The van der Waals surface area contributed by atoms with Gasteiger partial charge in [-0.25, -0.2) is 0 Å². The van der Waals surface area contributed by atoms with Gasteiger partial charge in [-0.2, -0.15) is 0 Å². The molecule has 0 saturated carbocycles. The first-order chi connectivity index (χ1) is 13.4. The smallest absolute Gasteiger partial charge is 0.327 e. The largest absolute Gasteiger partial charge is 0.343 e. The lowest BCUT2D eigenvalue weighted by Gasteiger charge is -2.29. The van der Waals surface area contributed by atoms with Crippen LogP contribution < -0.4 is 10.6 Å². The molecule has 0 radical (unpaired) electrons. The van der Waals surface area contributed by atoms with Crippen LogP contribution in [0.1, 0.15) is 13.8 Å². The maximum atomic E-state index is 9.50. The molecule has 2 saturated heterocycles. The van der Waals surface area contributed by atoms with Crippen molar-refractivity contribution in [2.75, 3.05) is 6.16 Å². The van der Waals surface area contributed by atoms with Gasteiger partial charge in [0.15, 0.2) is 12.1 Å². The standard InChI is InChI=1S/C20H24O6P2/c1-20(2)24-18-17(26-28(21)22)16(23-19(18)25-20)13-27(14-9-5-3-6-10-14)15-11-7-4-8-12-15/h3-12,16-19,21-22H,13H2,1-2H3/t16-,17?,18?,19-/m1/s1. The zero-order valence-electron chi connectivity index (χ0n) is 15.7. The molecule has 28 heavy (non-hydrogen) atoms. The summed E-state index contributed by atoms with van der Waals surface area (Å²) >= 11 is 0. The van der Waals surface area contributed by atoms with E-state index in [0.29, 0.717) is 6.16 Å². The number of hydrogen-bond acceptors (Lipinski definition) is 6. The van der Waals surface area contributed by atoms with E-state index in [2.05, 4.69) is 24.3 Å². The Labute approximate surface area is 167 Å². The molecule has 0 bridgehead atoms. The Balaban J connectivity index is 1.61. The zero-order chi connectivity index (χ0) is 19.7. The highest BCUT2D eigenvalue weighted by molar-refractivity contribution is 7.73. The van der Waals surface area contributed by atoms with Crippen molar-refractivity contribution in [2.45, 2.75) is 44.2 Å². The van der Waals surface area contributed by atoms with Gasteiger partial charge in [-0.05, 0) is 32.4 Å². The zero-order valence-corrected chi connectivity index (χ0v) is 17.5. The van der Waals surface area contributed by atoms with Crippen LogP contribution in [0.25, 0.3) is 0 Å². The maximum Gasteiger partial charge on any atom is 0.327 e. The second-order valence-electron chi connectivity index (χ2n) is 7.25. The van der Waals surface area contributed by atoms with Gasteiger partial charge >= 0.3 is 8.60 Å². The summed E-state index contributed by atoms with van der Waals surface area (Å²) in [5.74, 6) is -0.792. The van der Waals surface area contributed by atoms with E-state index in [9.17, 15) is 9.79 Å². The summed E-state index contributed by atoms with van der Waals surface area (Å²) in [4.78, 5) is 19.0. The fourth-order valence-electron chi connectivity index (χ4n) is 3.69. The summed E-state index contributed by atoms with van der Waals surface area (Å²) in [6.07, 6.45) is -1.39. The Morgan fingerprint density at radius 2 is 1.50 bits per heavy atom. The van der Waals surface area contributed by atoms with Gasteiger partial charge in [0, 0.05) is 6.16 Å². The molecule has 2 aliphatic rings. The molecule has 2 aromatic carbocycles. The molecule has 0 amide bonds. The molecule has 2 N–H and O–H groups in total. The van der Waals surface area contributed by atoms with Crippen LogP contribution in [0.2, 0.25) is 0 Å². The third kappa shape index (κ3) is 4.46. The lowest BCUT2D eigenvalue weighted by Crippen LogP contribution is -2.38. The van der Waals surface area contributed by atoms with Crippen LogP contribution in [0.4, 0.5) is 0 Å². The molecule has 2 fully saturated rings. The second-order valence-corrected chi connectivity index (χ2v) is 10.2. The Hall–Kier alpha value is -0.940. The highest BCUT2D eigenvalue weighted by Gasteiger charge is 2.56. The highest BCUT2D eigenvalue weighted by atomic mass is 31.2. The highest BCUT2D eigenvalue weighted by Crippen LogP contribution is 2.46. The third-order valence-corrected chi connectivity index (χ3v) is 7.80. The van der Waals surface area contributed by atoms with Crippen molar-refractivity contribution < 1.29 is 28.5 Å². The normalized spacial score (nSPS) is 28.8. The number of benzene rings is 2. The van der Waals surface area contributed by atoms with E-state index in [1.165, 1.54) is 10.6 Å². The van der Waals surface area contributed by atoms with Gasteiger partial charge in [-0.1, -0.05) is 60.7 Å². The Kier molecular flexibility index (Phi) is 6.12. The minimum atomic E-state index is -2.53. The molecule has 2 aliphatic heterocycles. The molecular formula is C20H24O6P2. The van der Waals surface area contributed by atoms with Crippen LogP contribution in [0, 0.1) is 0 Å². The average Bonchev–Trinajstić information content (AvgIpc) is 3.13.